The molecule has 162 valence electrons. The minimum Gasteiger partial charge on any atom is -0.375 e. The smallest absolute Gasteiger partial charge is 0.243 e. The quantitative estimate of drug-likeness (QED) is 0.699. The maximum Gasteiger partial charge on any atom is 0.243 e. The third kappa shape index (κ3) is 5.27. The van der Waals surface area contributed by atoms with Gasteiger partial charge in [0.15, 0.2) is 0 Å². The van der Waals surface area contributed by atoms with Gasteiger partial charge in [0.2, 0.25) is 10.0 Å². The Balaban J connectivity index is 1.22. The molecule has 2 aliphatic rings. The van der Waals surface area contributed by atoms with Crippen LogP contribution in [0.3, 0.4) is 0 Å². The lowest BCUT2D eigenvalue weighted by Crippen LogP contribution is -2.43. The monoisotopic (exact) mass is 432 g/mol. The van der Waals surface area contributed by atoms with Crippen molar-refractivity contribution < 1.29 is 17.5 Å². The molecule has 30 heavy (non-hydrogen) atoms. The zero-order valence-electron chi connectivity index (χ0n) is 17.1. The van der Waals surface area contributed by atoms with Crippen LogP contribution in [0.25, 0.3) is 0 Å². The molecule has 0 aliphatic carbocycles. The molecule has 7 heteroatoms. The molecule has 2 saturated heterocycles. The van der Waals surface area contributed by atoms with Crippen LogP contribution in [0.1, 0.15) is 31.2 Å². The summed E-state index contributed by atoms with van der Waals surface area (Å²) < 4.78 is 46.4. The molecule has 0 aromatic heterocycles. The Morgan fingerprint density at radius 2 is 1.40 bits per heavy atom. The summed E-state index contributed by atoms with van der Waals surface area (Å²) in [5.41, 5.74) is 1.34. The molecule has 0 bridgehead atoms. The molecule has 2 aliphatic heterocycles. The van der Waals surface area contributed by atoms with Crippen molar-refractivity contribution in [1.29, 1.82) is 0 Å². The Hall–Kier alpha value is -1.80. The second-order valence-electron chi connectivity index (χ2n) is 8.15. The summed E-state index contributed by atoms with van der Waals surface area (Å²) in [5, 5.41) is 0. The highest BCUT2D eigenvalue weighted by atomic mass is 32.2. The molecule has 2 fully saturated rings. The van der Waals surface area contributed by atoms with Gasteiger partial charge in [-0.25, -0.2) is 12.8 Å². The number of likely N-dealkylation sites (tertiary alicyclic amines) is 1. The third-order valence-corrected chi connectivity index (χ3v) is 7.93. The number of hydrogen-bond acceptors (Lipinski definition) is 4. The number of hydrogen-bond donors (Lipinski definition) is 0. The topological polar surface area (TPSA) is 49.9 Å². The Kier molecular flexibility index (Phi) is 6.83. The van der Waals surface area contributed by atoms with Gasteiger partial charge in [0.1, 0.15) is 5.82 Å². The molecule has 4 rings (SSSR count). The lowest BCUT2D eigenvalue weighted by Gasteiger charge is -2.36. The molecule has 2 aromatic rings. The van der Waals surface area contributed by atoms with Crippen molar-refractivity contribution in [2.75, 3.05) is 26.2 Å². The van der Waals surface area contributed by atoms with E-state index in [9.17, 15) is 12.8 Å². The Labute approximate surface area is 178 Å². The molecule has 0 atom stereocenters. The van der Waals surface area contributed by atoms with Crippen LogP contribution in [0, 0.1) is 5.82 Å². The van der Waals surface area contributed by atoms with Crippen molar-refractivity contribution in [3.05, 3.63) is 66.0 Å². The fraction of sp³-hybridized carbons (Fsp3) is 0.478. The van der Waals surface area contributed by atoms with Crippen LogP contribution in [0.4, 0.5) is 4.39 Å². The van der Waals surface area contributed by atoms with Crippen LogP contribution in [0.15, 0.2) is 59.5 Å². The Bertz CT molecular complexity index is 905. The van der Waals surface area contributed by atoms with E-state index < -0.39 is 15.8 Å². The fourth-order valence-electron chi connectivity index (χ4n) is 4.28. The Morgan fingerprint density at radius 3 is 2.00 bits per heavy atom. The van der Waals surface area contributed by atoms with Gasteiger partial charge in [0.05, 0.1) is 17.1 Å². The van der Waals surface area contributed by atoms with Crippen molar-refractivity contribution in [2.45, 2.75) is 49.3 Å². The number of ether oxygens (including phenoxy) is 1. The average Bonchev–Trinajstić information content (AvgIpc) is 2.77. The molecule has 0 unspecified atom stereocenters. The van der Waals surface area contributed by atoms with E-state index in [0.29, 0.717) is 25.9 Å². The number of rotatable bonds is 6. The number of nitrogens with zero attached hydrogens (tertiary/aromatic N) is 2. The standard InChI is InChI=1S/C23H29FN2O3S/c24-20-6-8-23(9-7-20)30(27,28)26-16-12-22(13-17-26)29-21-10-14-25(15-11-21)18-19-4-2-1-3-5-19/h1-9,21-22H,10-18H2. The molecular weight excluding hydrogens is 403 g/mol. The molecule has 2 heterocycles. The number of benzene rings is 2. The normalized spacial score (nSPS) is 20.4. The van der Waals surface area contributed by atoms with E-state index in [2.05, 4.69) is 29.2 Å². The predicted molar refractivity (Wildman–Crippen MR) is 114 cm³/mol. The number of halogens is 1. The largest absolute Gasteiger partial charge is 0.375 e. The van der Waals surface area contributed by atoms with E-state index >= 15 is 0 Å². The molecule has 0 radical (unpaired) electrons. The molecular formula is C23H29FN2O3S. The van der Waals surface area contributed by atoms with Gasteiger partial charge < -0.3 is 4.74 Å². The first-order valence-electron chi connectivity index (χ1n) is 10.7. The summed E-state index contributed by atoms with van der Waals surface area (Å²) in [6.45, 7) is 3.91. The van der Waals surface area contributed by atoms with Crippen molar-refractivity contribution in [3.63, 3.8) is 0 Å². The van der Waals surface area contributed by atoms with E-state index in [1.54, 1.807) is 0 Å². The summed E-state index contributed by atoms with van der Waals surface area (Å²) in [5.74, 6) is -0.434. The highest BCUT2D eigenvalue weighted by molar-refractivity contribution is 7.89. The van der Waals surface area contributed by atoms with Crippen molar-refractivity contribution >= 4 is 10.0 Å². The van der Waals surface area contributed by atoms with Crippen LogP contribution in [0.2, 0.25) is 0 Å². The highest BCUT2D eigenvalue weighted by Crippen LogP contribution is 2.25. The minimum atomic E-state index is -3.57. The maximum atomic E-state index is 13.1. The molecule has 0 N–H and O–H groups in total. The Morgan fingerprint density at radius 1 is 0.833 bits per heavy atom. The van der Waals surface area contributed by atoms with Gasteiger partial charge in [0, 0.05) is 32.7 Å². The van der Waals surface area contributed by atoms with Gasteiger partial charge >= 0.3 is 0 Å². The predicted octanol–water partition coefficient (Wildman–Crippen LogP) is 3.66. The van der Waals surface area contributed by atoms with Crippen LogP contribution in [-0.4, -0.2) is 56.0 Å². The summed E-state index contributed by atoms with van der Waals surface area (Å²) in [7, 11) is -3.57. The van der Waals surface area contributed by atoms with Gasteiger partial charge in [-0.15, -0.1) is 0 Å². The third-order valence-electron chi connectivity index (χ3n) is 6.02. The van der Waals surface area contributed by atoms with Gasteiger partial charge in [-0.2, -0.15) is 4.31 Å². The van der Waals surface area contributed by atoms with Gasteiger partial charge in [-0.3, -0.25) is 4.90 Å². The molecule has 0 saturated carbocycles. The van der Waals surface area contributed by atoms with E-state index in [1.165, 1.54) is 34.1 Å². The molecule has 0 amide bonds. The van der Waals surface area contributed by atoms with Crippen LogP contribution in [0.5, 0.6) is 0 Å². The van der Waals surface area contributed by atoms with Crippen LogP contribution >= 0.6 is 0 Å². The molecule has 2 aromatic carbocycles. The van der Waals surface area contributed by atoms with Crippen molar-refractivity contribution in [3.8, 4) is 0 Å². The zero-order chi connectivity index (χ0) is 21.0. The first kappa shape index (κ1) is 21.4. The lowest BCUT2D eigenvalue weighted by atomic mass is 10.0. The minimum absolute atomic E-state index is 0.107. The SMILES string of the molecule is O=S(=O)(c1ccc(F)cc1)N1CCC(OC2CCN(Cc3ccccc3)CC2)CC1. The molecule has 0 spiro atoms. The molecule has 5 nitrogen and oxygen atoms in total. The lowest BCUT2D eigenvalue weighted by molar-refractivity contribution is -0.0595. The second-order valence-corrected chi connectivity index (χ2v) is 10.1. The summed E-state index contributed by atoms with van der Waals surface area (Å²) in [4.78, 5) is 2.61. The van der Waals surface area contributed by atoms with Crippen LogP contribution < -0.4 is 0 Å². The van der Waals surface area contributed by atoms with Gasteiger partial charge in [0.25, 0.3) is 0 Å². The average molecular weight is 433 g/mol. The fourth-order valence-corrected chi connectivity index (χ4v) is 5.75. The number of sulfonamides is 1. The highest BCUT2D eigenvalue weighted by Gasteiger charge is 2.31. The zero-order valence-corrected chi connectivity index (χ0v) is 17.9. The van der Waals surface area contributed by atoms with Gasteiger partial charge in [-0.1, -0.05) is 30.3 Å². The second kappa shape index (κ2) is 9.56. The van der Waals surface area contributed by atoms with E-state index in [1.807, 2.05) is 6.07 Å². The summed E-state index contributed by atoms with van der Waals surface area (Å²) in [6.07, 6.45) is 3.79. The first-order valence-corrected chi connectivity index (χ1v) is 12.1. The van der Waals surface area contributed by atoms with Crippen molar-refractivity contribution in [1.82, 2.24) is 9.21 Å². The maximum absolute atomic E-state index is 13.1. The van der Waals surface area contributed by atoms with E-state index in [4.69, 9.17) is 4.74 Å². The van der Waals surface area contributed by atoms with E-state index in [-0.39, 0.29) is 17.1 Å². The van der Waals surface area contributed by atoms with Crippen molar-refractivity contribution in [2.24, 2.45) is 0 Å². The van der Waals surface area contributed by atoms with Gasteiger partial charge in [-0.05, 0) is 55.5 Å². The van der Waals surface area contributed by atoms with E-state index in [0.717, 1.165) is 32.5 Å². The summed E-state index contributed by atoms with van der Waals surface area (Å²) >= 11 is 0. The first-order chi connectivity index (χ1) is 14.5. The van der Waals surface area contributed by atoms with Crippen LogP contribution in [-0.2, 0) is 21.3 Å². The number of piperidine rings is 2. The summed E-state index contributed by atoms with van der Waals surface area (Å²) in [6, 6.07) is 15.6.